The average molecular weight is 194 g/mol. The highest BCUT2D eigenvalue weighted by molar-refractivity contribution is 5.85. The van der Waals surface area contributed by atoms with Gasteiger partial charge in [0.15, 0.2) is 5.78 Å². The molecule has 1 aromatic heterocycles. The number of rotatable bonds is 4. The number of ketones is 1. The molecule has 0 saturated heterocycles. The number of anilines is 1. The highest BCUT2D eigenvalue weighted by Crippen LogP contribution is 2.09. The summed E-state index contributed by atoms with van der Waals surface area (Å²) in [7, 11) is 1.51. The van der Waals surface area contributed by atoms with Gasteiger partial charge in [-0.2, -0.15) is 0 Å². The number of carbonyl (C=O) groups excluding carboxylic acids is 1. The van der Waals surface area contributed by atoms with E-state index in [0.717, 1.165) is 5.56 Å². The van der Waals surface area contributed by atoms with Crippen molar-refractivity contribution >= 4 is 11.6 Å². The molecule has 0 radical (unpaired) electrons. The van der Waals surface area contributed by atoms with Crippen molar-refractivity contribution in [3.63, 3.8) is 0 Å². The number of nitrogens with two attached hydrogens (primary N) is 1. The molecule has 4 heteroatoms. The van der Waals surface area contributed by atoms with Crippen molar-refractivity contribution in [2.45, 2.75) is 19.4 Å². The van der Waals surface area contributed by atoms with Crippen LogP contribution in [-0.4, -0.2) is 24.0 Å². The molecule has 1 rings (SSSR count). The molecular weight excluding hydrogens is 180 g/mol. The Morgan fingerprint density at radius 2 is 2.43 bits per heavy atom. The Morgan fingerprint density at radius 3 is 3.00 bits per heavy atom. The van der Waals surface area contributed by atoms with Crippen LogP contribution in [0.4, 0.5) is 5.82 Å². The number of hydrogen-bond donors (Lipinski definition) is 1. The first-order valence-electron chi connectivity index (χ1n) is 4.40. The Balaban J connectivity index is 2.70. The van der Waals surface area contributed by atoms with Gasteiger partial charge in [-0.05, 0) is 13.0 Å². The molecule has 0 fully saturated rings. The lowest BCUT2D eigenvalue weighted by molar-refractivity contribution is -0.127. The van der Waals surface area contributed by atoms with Gasteiger partial charge < -0.3 is 10.5 Å². The second-order valence-electron chi connectivity index (χ2n) is 3.07. The molecule has 2 N–H and O–H groups in total. The highest BCUT2D eigenvalue weighted by Gasteiger charge is 2.13. The fourth-order valence-corrected chi connectivity index (χ4v) is 1.06. The van der Waals surface area contributed by atoms with Crippen LogP contribution in [0.3, 0.4) is 0 Å². The van der Waals surface area contributed by atoms with Gasteiger partial charge >= 0.3 is 0 Å². The molecule has 4 nitrogen and oxygen atoms in total. The van der Waals surface area contributed by atoms with E-state index in [1.807, 2.05) is 0 Å². The van der Waals surface area contributed by atoms with Gasteiger partial charge in [-0.1, -0.05) is 6.07 Å². The summed E-state index contributed by atoms with van der Waals surface area (Å²) < 4.78 is 4.91. The van der Waals surface area contributed by atoms with Crippen LogP contribution in [0.2, 0.25) is 0 Å². The Hall–Kier alpha value is -1.42. The normalized spacial score (nSPS) is 12.4. The lowest BCUT2D eigenvalue weighted by atomic mass is 10.1. The lowest BCUT2D eigenvalue weighted by Gasteiger charge is -2.08. The minimum atomic E-state index is -0.394. The molecule has 0 saturated carbocycles. The van der Waals surface area contributed by atoms with Gasteiger partial charge in [-0.3, -0.25) is 4.79 Å². The summed E-state index contributed by atoms with van der Waals surface area (Å²) in [6.45, 7) is 1.72. The highest BCUT2D eigenvalue weighted by atomic mass is 16.5. The van der Waals surface area contributed by atoms with Gasteiger partial charge in [0, 0.05) is 25.3 Å². The van der Waals surface area contributed by atoms with Crippen LogP contribution in [0.5, 0.6) is 0 Å². The minimum Gasteiger partial charge on any atom is -0.383 e. The van der Waals surface area contributed by atoms with Crippen molar-refractivity contribution in [3.05, 3.63) is 23.9 Å². The van der Waals surface area contributed by atoms with Crippen LogP contribution in [0.15, 0.2) is 18.3 Å². The number of pyridine rings is 1. The molecule has 0 bridgehead atoms. The van der Waals surface area contributed by atoms with Gasteiger partial charge in [0.2, 0.25) is 0 Å². The molecule has 1 aromatic rings. The van der Waals surface area contributed by atoms with Crippen molar-refractivity contribution in [1.82, 2.24) is 4.98 Å². The van der Waals surface area contributed by atoms with Crippen LogP contribution in [-0.2, 0) is 16.0 Å². The second-order valence-corrected chi connectivity index (χ2v) is 3.07. The number of ether oxygens (including phenoxy) is 1. The first kappa shape index (κ1) is 10.7. The maximum atomic E-state index is 11.5. The number of carbonyl (C=O) groups is 1. The molecule has 1 heterocycles. The standard InChI is InChI=1S/C10H14N2O2/c1-7(14-2)9(13)6-8-4-3-5-12-10(8)11/h3-5,7H,6H2,1-2H3,(H2,11,12). The van der Waals surface area contributed by atoms with E-state index in [1.165, 1.54) is 7.11 Å². The summed E-state index contributed by atoms with van der Waals surface area (Å²) >= 11 is 0. The van der Waals surface area contributed by atoms with Crippen LogP contribution in [0.25, 0.3) is 0 Å². The van der Waals surface area contributed by atoms with Crippen LogP contribution >= 0.6 is 0 Å². The van der Waals surface area contributed by atoms with Gasteiger partial charge in [0.1, 0.15) is 11.9 Å². The third-order valence-electron chi connectivity index (χ3n) is 2.10. The van der Waals surface area contributed by atoms with Crippen molar-refractivity contribution in [3.8, 4) is 0 Å². The van der Waals surface area contributed by atoms with Crippen LogP contribution < -0.4 is 5.73 Å². The van der Waals surface area contributed by atoms with E-state index in [4.69, 9.17) is 10.5 Å². The predicted octanol–water partition coefficient (Wildman–Crippen LogP) is 0.810. The molecule has 0 spiro atoms. The molecule has 0 aromatic carbocycles. The van der Waals surface area contributed by atoms with Gasteiger partial charge in [-0.25, -0.2) is 4.98 Å². The zero-order valence-corrected chi connectivity index (χ0v) is 8.36. The Morgan fingerprint density at radius 1 is 1.71 bits per heavy atom. The van der Waals surface area contributed by atoms with Crippen molar-refractivity contribution in [1.29, 1.82) is 0 Å². The summed E-state index contributed by atoms with van der Waals surface area (Å²) in [6, 6.07) is 3.55. The van der Waals surface area contributed by atoms with Crippen LogP contribution in [0.1, 0.15) is 12.5 Å². The zero-order valence-electron chi connectivity index (χ0n) is 8.36. The molecule has 76 valence electrons. The Bertz CT molecular complexity index is 326. The zero-order chi connectivity index (χ0) is 10.6. The minimum absolute atomic E-state index is 0.00667. The second kappa shape index (κ2) is 4.72. The first-order chi connectivity index (χ1) is 6.65. The van der Waals surface area contributed by atoms with E-state index in [1.54, 1.807) is 25.3 Å². The van der Waals surface area contributed by atoms with E-state index in [9.17, 15) is 4.79 Å². The average Bonchev–Trinajstić information content (AvgIpc) is 2.20. The Kier molecular flexibility index (Phi) is 3.59. The first-order valence-corrected chi connectivity index (χ1v) is 4.40. The van der Waals surface area contributed by atoms with Crippen molar-refractivity contribution in [2.24, 2.45) is 0 Å². The fourth-order valence-electron chi connectivity index (χ4n) is 1.06. The van der Waals surface area contributed by atoms with Gasteiger partial charge in [-0.15, -0.1) is 0 Å². The number of methoxy groups -OCH3 is 1. The number of aromatic nitrogens is 1. The summed E-state index contributed by atoms with van der Waals surface area (Å²) in [5.41, 5.74) is 6.36. The third kappa shape index (κ3) is 2.53. The fraction of sp³-hybridized carbons (Fsp3) is 0.400. The van der Waals surface area contributed by atoms with Gasteiger partial charge in [0.05, 0.1) is 0 Å². The van der Waals surface area contributed by atoms with E-state index in [0.29, 0.717) is 5.82 Å². The van der Waals surface area contributed by atoms with E-state index in [-0.39, 0.29) is 12.2 Å². The van der Waals surface area contributed by atoms with Gasteiger partial charge in [0.25, 0.3) is 0 Å². The quantitative estimate of drug-likeness (QED) is 0.770. The predicted molar refractivity (Wildman–Crippen MR) is 53.8 cm³/mol. The Labute approximate surface area is 83.1 Å². The molecule has 1 atom stereocenters. The number of nitrogen functional groups attached to an aromatic ring is 1. The lowest BCUT2D eigenvalue weighted by Crippen LogP contribution is -2.21. The number of Topliss-reactive ketones (excluding diaryl/α,β-unsaturated/α-hetero) is 1. The summed E-state index contributed by atoms with van der Waals surface area (Å²) in [5, 5.41) is 0. The summed E-state index contributed by atoms with van der Waals surface area (Å²) in [6.07, 6.45) is 1.48. The maximum Gasteiger partial charge on any atom is 0.165 e. The monoisotopic (exact) mass is 194 g/mol. The summed E-state index contributed by atoms with van der Waals surface area (Å²) in [4.78, 5) is 15.4. The topological polar surface area (TPSA) is 65.2 Å². The number of hydrogen-bond acceptors (Lipinski definition) is 4. The molecule has 0 amide bonds. The molecule has 0 aliphatic heterocycles. The molecule has 1 unspecified atom stereocenters. The molecular formula is C10H14N2O2. The third-order valence-corrected chi connectivity index (χ3v) is 2.10. The van der Waals surface area contributed by atoms with Crippen molar-refractivity contribution in [2.75, 3.05) is 12.8 Å². The summed E-state index contributed by atoms with van der Waals surface area (Å²) in [5.74, 6) is 0.413. The van der Waals surface area contributed by atoms with E-state index < -0.39 is 6.10 Å². The van der Waals surface area contributed by atoms with Crippen molar-refractivity contribution < 1.29 is 9.53 Å². The molecule has 0 aliphatic carbocycles. The smallest absolute Gasteiger partial charge is 0.165 e. The largest absolute Gasteiger partial charge is 0.383 e. The maximum absolute atomic E-state index is 11.5. The number of nitrogens with zero attached hydrogens (tertiary/aromatic N) is 1. The molecule has 14 heavy (non-hydrogen) atoms. The van der Waals surface area contributed by atoms with Crippen LogP contribution in [0, 0.1) is 0 Å². The van der Waals surface area contributed by atoms with E-state index >= 15 is 0 Å². The SMILES string of the molecule is COC(C)C(=O)Cc1cccnc1N. The van der Waals surface area contributed by atoms with E-state index in [2.05, 4.69) is 4.98 Å². The molecule has 0 aliphatic rings.